The minimum Gasteiger partial charge on any atom is -0.326 e. The molecule has 2 heterocycles. The fourth-order valence-electron chi connectivity index (χ4n) is 2.45. The fourth-order valence-corrected chi connectivity index (χ4v) is 3.54. The van der Waals surface area contributed by atoms with Crippen LogP contribution in [0.3, 0.4) is 0 Å². The lowest BCUT2D eigenvalue weighted by molar-refractivity contribution is -0.116. The molecule has 0 aliphatic carbocycles. The number of aryl methyl sites for hydroxylation is 1. The van der Waals surface area contributed by atoms with Crippen LogP contribution in [0.1, 0.15) is 34.9 Å². The van der Waals surface area contributed by atoms with Gasteiger partial charge in [0.15, 0.2) is 0 Å². The first-order valence-corrected chi connectivity index (χ1v) is 7.76. The molecule has 0 saturated carbocycles. The molecule has 1 aliphatic heterocycles. The SMILES string of the molecule is NC(c1ccc2c(c1)CCCC(=O)N2)c1ccc(Cl)s1. The summed E-state index contributed by atoms with van der Waals surface area (Å²) in [5.41, 5.74) is 9.42. The molecule has 3 nitrogen and oxygen atoms in total. The highest BCUT2D eigenvalue weighted by Crippen LogP contribution is 2.32. The van der Waals surface area contributed by atoms with Crippen LogP contribution in [0.25, 0.3) is 0 Å². The highest BCUT2D eigenvalue weighted by atomic mass is 35.5. The van der Waals surface area contributed by atoms with E-state index in [0.29, 0.717) is 6.42 Å². The number of halogens is 1. The van der Waals surface area contributed by atoms with Gasteiger partial charge in [-0.2, -0.15) is 0 Å². The Morgan fingerprint density at radius 3 is 2.85 bits per heavy atom. The lowest BCUT2D eigenvalue weighted by Gasteiger charge is -2.14. The molecular formula is C15H15ClN2OS. The Balaban J connectivity index is 1.92. The van der Waals surface area contributed by atoms with Crippen molar-refractivity contribution in [3.05, 3.63) is 50.7 Å². The largest absolute Gasteiger partial charge is 0.326 e. The number of hydrogen-bond donors (Lipinski definition) is 2. The molecular weight excluding hydrogens is 292 g/mol. The Morgan fingerprint density at radius 1 is 1.25 bits per heavy atom. The molecule has 3 N–H and O–H groups in total. The van der Waals surface area contributed by atoms with Crippen molar-refractivity contribution in [3.8, 4) is 0 Å². The number of hydrogen-bond acceptors (Lipinski definition) is 3. The predicted octanol–water partition coefficient (Wildman–Crippen LogP) is 3.72. The Labute approximate surface area is 126 Å². The second-order valence-electron chi connectivity index (χ2n) is 4.94. The smallest absolute Gasteiger partial charge is 0.224 e. The highest BCUT2D eigenvalue weighted by Gasteiger charge is 2.16. The van der Waals surface area contributed by atoms with Gasteiger partial charge in [-0.15, -0.1) is 11.3 Å². The number of rotatable bonds is 2. The number of nitrogens with two attached hydrogens (primary N) is 1. The third-order valence-electron chi connectivity index (χ3n) is 3.51. The van der Waals surface area contributed by atoms with Crippen LogP contribution in [0.5, 0.6) is 0 Å². The van der Waals surface area contributed by atoms with Crippen LogP contribution >= 0.6 is 22.9 Å². The van der Waals surface area contributed by atoms with Crippen molar-refractivity contribution >= 4 is 34.5 Å². The molecule has 20 heavy (non-hydrogen) atoms. The lowest BCUT2D eigenvalue weighted by Crippen LogP contribution is -2.12. The molecule has 1 atom stereocenters. The van der Waals surface area contributed by atoms with E-state index in [1.54, 1.807) is 0 Å². The number of carbonyl (C=O) groups is 1. The van der Waals surface area contributed by atoms with Crippen LogP contribution in [0.2, 0.25) is 4.34 Å². The summed E-state index contributed by atoms with van der Waals surface area (Å²) >= 11 is 7.46. The van der Waals surface area contributed by atoms with Crippen molar-refractivity contribution in [2.24, 2.45) is 5.73 Å². The number of fused-ring (bicyclic) bond motifs is 1. The van der Waals surface area contributed by atoms with Crippen LogP contribution in [0.15, 0.2) is 30.3 Å². The first kappa shape index (κ1) is 13.6. The number of amides is 1. The first-order valence-electron chi connectivity index (χ1n) is 6.57. The number of carbonyl (C=O) groups excluding carboxylic acids is 1. The Bertz CT molecular complexity index is 653. The van der Waals surface area contributed by atoms with Gasteiger partial charge in [-0.25, -0.2) is 0 Å². The first-order chi connectivity index (χ1) is 9.63. The summed E-state index contributed by atoms with van der Waals surface area (Å²) in [6.07, 6.45) is 2.36. The standard InChI is InChI=1S/C15H15ClN2OS/c16-13-7-6-12(20-13)15(17)10-4-5-11-9(8-10)2-1-3-14(19)18-11/h4-8,15H,1-3,17H2,(H,18,19). The third-order valence-corrected chi connectivity index (χ3v) is 4.83. The van der Waals surface area contributed by atoms with Gasteiger partial charge >= 0.3 is 0 Å². The summed E-state index contributed by atoms with van der Waals surface area (Å²) in [5, 5.41) is 2.93. The second kappa shape index (κ2) is 5.56. The quantitative estimate of drug-likeness (QED) is 0.888. The summed E-state index contributed by atoms with van der Waals surface area (Å²) in [6.45, 7) is 0. The molecule has 1 unspecified atom stereocenters. The van der Waals surface area contributed by atoms with Crippen LogP contribution in [-0.2, 0) is 11.2 Å². The van der Waals surface area contributed by atoms with Crippen molar-refractivity contribution in [2.75, 3.05) is 5.32 Å². The zero-order chi connectivity index (χ0) is 14.1. The van der Waals surface area contributed by atoms with E-state index in [-0.39, 0.29) is 11.9 Å². The van der Waals surface area contributed by atoms with E-state index in [4.69, 9.17) is 17.3 Å². The number of thiophene rings is 1. The van der Waals surface area contributed by atoms with Crippen molar-refractivity contribution in [1.82, 2.24) is 0 Å². The van der Waals surface area contributed by atoms with Crippen LogP contribution < -0.4 is 11.1 Å². The Kier molecular flexibility index (Phi) is 3.78. The van der Waals surface area contributed by atoms with E-state index >= 15 is 0 Å². The van der Waals surface area contributed by atoms with Gasteiger partial charge in [0.2, 0.25) is 5.91 Å². The zero-order valence-electron chi connectivity index (χ0n) is 10.9. The molecule has 0 fully saturated rings. The maximum absolute atomic E-state index is 11.5. The minimum atomic E-state index is -0.170. The zero-order valence-corrected chi connectivity index (χ0v) is 12.4. The van der Waals surface area contributed by atoms with E-state index in [1.165, 1.54) is 11.3 Å². The third kappa shape index (κ3) is 2.73. The van der Waals surface area contributed by atoms with E-state index in [1.807, 2.05) is 24.3 Å². The van der Waals surface area contributed by atoms with E-state index in [9.17, 15) is 4.79 Å². The van der Waals surface area contributed by atoms with Crippen molar-refractivity contribution in [1.29, 1.82) is 0 Å². The molecule has 0 radical (unpaired) electrons. The van der Waals surface area contributed by atoms with Crippen LogP contribution in [0, 0.1) is 0 Å². The van der Waals surface area contributed by atoms with E-state index in [2.05, 4.69) is 11.4 Å². The molecule has 1 aromatic carbocycles. The van der Waals surface area contributed by atoms with Gasteiger partial charge in [-0.05, 0) is 42.2 Å². The van der Waals surface area contributed by atoms with Crippen molar-refractivity contribution in [3.63, 3.8) is 0 Å². The van der Waals surface area contributed by atoms with E-state index in [0.717, 1.165) is 38.9 Å². The maximum atomic E-state index is 11.5. The summed E-state index contributed by atoms with van der Waals surface area (Å²) in [5.74, 6) is 0.0887. The highest BCUT2D eigenvalue weighted by molar-refractivity contribution is 7.16. The summed E-state index contributed by atoms with van der Waals surface area (Å²) in [4.78, 5) is 12.6. The normalized spacial score (nSPS) is 16.2. The van der Waals surface area contributed by atoms with Gasteiger partial charge in [0, 0.05) is 17.0 Å². The van der Waals surface area contributed by atoms with Gasteiger partial charge in [0.1, 0.15) is 0 Å². The molecule has 5 heteroatoms. The fraction of sp³-hybridized carbons (Fsp3) is 0.267. The van der Waals surface area contributed by atoms with Gasteiger partial charge in [-0.1, -0.05) is 23.7 Å². The number of nitrogens with one attached hydrogen (secondary N) is 1. The average molecular weight is 307 g/mol. The molecule has 0 bridgehead atoms. The molecule has 1 aliphatic rings. The molecule has 0 saturated heterocycles. The average Bonchev–Trinajstić information content (AvgIpc) is 2.77. The Morgan fingerprint density at radius 2 is 2.10 bits per heavy atom. The number of benzene rings is 1. The van der Waals surface area contributed by atoms with Crippen LogP contribution in [-0.4, -0.2) is 5.91 Å². The van der Waals surface area contributed by atoms with Crippen LogP contribution in [0.4, 0.5) is 5.69 Å². The van der Waals surface area contributed by atoms with Gasteiger partial charge in [0.25, 0.3) is 0 Å². The van der Waals surface area contributed by atoms with Crippen molar-refractivity contribution in [2.45, 2.75) is 25.3 Å². The van der Waals surface area contributed by atoms with Crippen molar-refractivity contribution < 1.29 is 4.79 Å². The van der Waals surface area contributed by atoms with Gasteiger partial charge < -0.3 is 11.1 Å². The topological polar surface area (TPSA) is 55.1 Å². The monoisotopic (exact) mass is 306 g/mol. The predicted molar refractivity (Wildman–Crippen MR) is 83.4 cm³/mol. The number of anilines is 1. The van der Waals surface area contributed by atoms with Gasteiger partial charge in [-0.3, -0.25) is 4.79 Å². The van der Waals surface area contributed by atoms with E-state index < -0.39 is 0 Å². The summed E-state index contributed by atoms with van der Waals surface area (Å²) < 4.78 is 0.748. The lowest BCUT2D eigenvalue weighted by atomic mass is 10.00. The summed E-state index contributed by atoms with van der Waals surface area (Å²) in [7, 11) is 0. The Hall–Kier alpha value is -1.36. The second-order valence-corrected chi connectivity index (χ2v) is 6.68. The molecule has 0 spiro atoms. The molecule has 2 aromatic rings. The minimum absolute atomic E-state index is 0.0887. The maximum Gasteiger partial charge on any atom is 0.224 e. The van der Waals surface area contributed by atoms with Gasteiger partial charge in [0.05, 0.1) is 10.4 Å². The molecule has 104 valence electrons. The molecule has 1 aromatic heterocycles. The molecule has 1 amide bonds. The molecule has 3 rings (SSSR count). The summed E-state index contributed by atoms with van der Waals surface area (Å²) in [6, 6.07) is 9.68.